The van der Waals surface area contributed by atoms with Crippen LogP contribution >= 0.6 is 27.5 Å². The van der Waals surface area contributed by atoms with Gasteiger partial charge in [-0.3, -0.25) is 9.59 Å². The van der Waals surface area contributed by atoms with Crippen LogP contribution in [0.5, 0.6) is 0 Å². The maximum absolute atomic E-state index is 12.5. The molecule has 0 bridgehead atoms. The summed E-state index contributed by atoms with van der Waals surface area (Å²) in [4.78, 5) is 37.1. The van der Waals surface area contributed by atoms with E-state index in [0.717, 1.165) is 0 Å². The summed E-state index contributed by atoms with van der Waals surface area (Å²) in [7, 11) is 0. The van der Waals surface area contributed by atoms with Crippen molar-refractivity contribution in [1.82, 2.24) is 0 Å². The molecular weight excluding hydrogens is 424 g/mol. The first-order valence-corrected chi connectivity index (χ1v) is 8.81. The first-order valence-electron chi connectivity index (χ1n) is 7.64. The highest BCUT2D eigenvalue weighted by Gasteiger charge is 2.20. The number of nitrogens with two attached hydrogens (primary N) is 1. The molecule has 0 aliphatic rings. The van der Waals surface area contributed by atoms with Gasteiger partial charge in [0.25, 0.3) is 5.91 Å². The van der Waals surface area contributed by atoms with E-state index in [1.807, 2.05) is 0 Å². The monoisotopic (exact) mass is 438 g/mol. The van der Waals surface area contributed by atoms with E-state index >= 15 is 0 Å². The number of halogens is 2. The van der Waals surface area contributed by atoms with Gasteiger partial charge in [-0.05, 0) is 30.3 Å². The van der Waals surface area contributed by atoms with Crippen LogP contribution in [0.25, 0.3) is 0 Å². The Hall–Kier alpha value is -2.38. The Balaban J connectivity index is 2.07. The summed E-state index contributed by atoms with van der Waals surface area (Å²) < 4.78 is 5.74. The molecule has 0 atom stereocenters. The van der Waals surface area contributed by atoms with Crippen molar-refractivity contribution in [3.8, 4) is 0 Å². The van der Waals surface area contributed by atoms with Crippen LogP contribution in [0.4, 0.5) is 5.69 Å². The lowest BCUT2D eigenvalue weighted by molar-refractivity contribution is -0.121. The number of esters is 1. The molecule has 2 aromatic rings. The number of nitrogens with zero attached hydrogens (tertiary/aromatic N) is 1. The van der Waals surface area contributed by atoms with Gasteiger partial charge in [0.2, 0.25) is 5.91 Å². The van der Waals surface area contributed by atoms with Gasteiger partial charge in [0.05, 0.1) is 10.6 Å². The lowest BCUT2D eigenvalue weighted by Crippen LogP contribution is -2.37. The van der Waals surface area contributed by atoms with Crippen molar-refractivity contribution in [2.75, 3.05) is 18.1 Å². The first-order chi connectivity index (χ1) is 12.4. The predicted octanol–water partition coefficient (Wildman–Crippen LogP) is 3.17. The third kappa shape index (κ3) is 5.57. The molecule has 2 amide bonds. The minimum Gasteiger partial charge on any atom is -0.452 e. The number of primary amides is 1. The van der Waals surface area contributed by atoms with E-state index in [2.05, 4.69) is 15.9 Å². The Bertz CT molecular complexity index is 814. The molecule has 2 rings (SSSR count). The zero-order valence-corrected chi connectivity index (χ0v) is 16.0. The molecule has 8 heteroatoms. The minimum atomic E-state index is -0.715. The molecule has 0 radical (unpaired) electrons. The van der Waals surface area contributed by atoms with Crippen LogP contribution < -0.4 is 10.6 Å². The number of rotatable bonds is 7. The summed E-state index contributed by atoms with van der Waals surface area (Å²) >= 11 is 9.23. The molecule has 0 aromatic heterocycles. The Morgan fingerprint density at radius 3 is 2.46 bits per heavy atom. The topological polar surface area (TPSA) is 89.7 Å². The standard InChI is InChI=1S/C18H16BrClN2O4/c19-12-6-7-15(20)14(10-12)18(25)26-11-17(24)22(9-8-16(21)23)13-4-2-1-3-5-13/h1-7,10H,8-9,11H2,(H2,21,23). The summed E-state index contributed by atoms with van der Waals surface area (Å²) in [5, 5.41) is 0.222. The number of ether oxygens (including phenoxy) is 1. The quantitative estimate of drug-likeness (QED) is 0.671. The molecule has 6 nitrogen and oxygen atoms in total. The van der Waals surface area contributed by atoms with Gasteiger partial charge >= 0.3 is 5.97 Å². The average molecular weight is 440 g/mol. The Morgan fingerprint density at radius 2 is 1.81 bits per heavy atom. The highest BCUT2D eigenvalue weighted by molar-refractivity contribution is 9.10. The molecule has 0 spiro atoms. The van der Waals surface area contributed by atoms with Gasteiger partial charge in [0.1, 0.15) is 0 Å². The second-order valence-corrected chi connectivity index (χ2v) is 6.62. The number of para-hydroxylation sites is 1. The van der Waals surface area contributed by atoms with Gasteiger partial charge < -0.3 is 15.4 Å². The molecule has 0 heterocycles. The second kappa shape index (κ2) is 9.35. The van der Waals surface area contributed by atoms with E-state index in [1.165, 1.54) is 11.0 Å². The minimum absolute atomic E-state index is 0.00790. The smallest absolute Gasteiger partial charge is 0.340 e. The molecule has 2 N–H and O–H groups in total. The van der Waals surface area contributed by atoms with Crippen LogP contribution in [-0.2, 0) is 14.3 Å². The number of carbonyl (C=O) groups is 3. The molecule has 0 aliphatic carbocycles. The lowest BCUT2D eigenvalue weighted by atomic mass is 10.2. The predicted molar refractivity (Wildman–Crippen MR) is 102 cm³/mol. The Labute approximate surface area is 164 Å². The molecule has 0 saturated carbocycles. The molecule has 2 aromatic carbocycles. The van der Waals surface area contributed by atoms with Crippen molar-refractivity contribution in [1.29, 1.82) is 0 Å². The molecule has 0 unspecified atom stereocenters. The zero-order chi connectivity index (χ0) is 19.1. The van der Waals surface area contributed by atoms with E-state index in [-0.39, 0.29) is 23.6 Å². The molecule has 136 valence electrons. The van der Waals surface area contributed by atoms with Crippen molar-refractivity contribution in [3.05, 3.63) is 63.6 Å². The number of benzene rings is 2. The molecule has 0 fully saturated rings. The van der Waals surface area contributed by atoms with Gasteiger partial charge in [-0.25, -0.2) is 4.79 Å². The summed E-state index contributed by atoms with van der Waals surface area (Å²) in [6.07, 6.45) is -0.00790. The van der Waals surface area contributed by atoms with Crippen molar-refractivity contribution >= 4 is 51.0 Å². The van der Waals surface area contributed by atoms with Gasteiger partial charge in [0, 0.05) is 23.1 Å². The van der Waals surface area contributed by atoms with Crippen LogP contribution in [0.2, 0.25) is 5.02 Å². The summed E-state index contributed by atoms with van der Waals surface area (Å²) in [5.74, 6) is -1.72. The van der Waals surface area contributed by atoms with E-state index in [9.17, 15) is 14.4 Å². The summed E-state index contributed by atoms with van der Waals surface area (Å²) in [6.45, 7) is -0.400. The number of hydrogen-bond donors (Lipinski definition) is 1. The van der Waals surface area contributed by atoms with E-state index in [0.29, 0.717) is 10.2 Å². The van der Waals surface area contributed by atoms with E-state index < -0.39 is 24.4 Å². The second-order valence-electron chi connectivity index (χ2n) is 5.30. The van der Waals surface area contributed by atoms with Crippen LogP contribution in [0.1, 0.15) is 16.8 Å². The van der Waals surface area contributed by atoms with Crippen molar-refractivity contribution in [2.24, 2.45) is 5.73 Å². The zero-order valence-electron chi connectivity index (χ0n) is 13.7. The third-order valence-electron chi connectivity index (χ3n) is 3.43. The van der Waals surface area contributed by atoms with Gasteiger partial charge in [-0.1, -0.05) is 45.7 Å². The number of carbonyl (C=O) groups excluding carboxylic acids is 3. The van der Waals surface area contributed by atoms with E-state index in [4.69, 9.17) is 22.1 Å². The maximum Gasteiger partial charge on any atom is 0.340 e. The van der Waals surface area contributed by atoms with Crippen molar-refractivity contribution < 1.29 is 19.1 Å². The average Bonchev–Trinajstić information content (AvgIpc) is 2.62. The van der Waals surface area contributed by atoms with Gasteiger partial charge in [-0.15, -0.1) is 0 Å². The SMILES string of the molecule is NC(=O)CCN(C(=O)COC(=O)c1cc(Br)ccc1Cl)c1ccccc1. The number of hydrogen-bond acceptors (Lipinski definition) is 4. The summed E-state index contributed by atoms with van der Waals surface area (Å²) in [5.41, 5.74) is 5.90. The van der Waals surface area contributed by atoms with Crippen LogP contribution in [0.15, 0.2) is 53.0 Å². The van der Waals surface area contributed by atoms with Crippen molar-refractivity contribution in [2.45, 2.75) is 6.42 Å². The van der Waals surface area contributed by atoms with Gasteiger partial charge in [0.15, 0.2) is 6.61 Å². The number of amides is 2. The molecular formula is C18H16BrClN2O4. The largest absolute Gasteiger partial charge is 0.452 e. The molecule has 0 aliphatic heterocycles. The fourth-order valence-corrected chi connectivity index (χ4v) is 2.72. The Kier molecular flexibility index (Phi) is 7.17. The lowest BCUT2D eigenvalue weighted by Gasteiger charge is -2.22. The molecule has 26 heavy (non-hydrogen) atoms. The third-order valence-corrected chi connectivity index (χ3v) is 4.25. The highest BCUT2D eigenvalue weighted by atomic mass is 79.9. The molecule has 0 saturated heterocycles. The Morgan fingerprint density at radius 1 is 1.12 bits per heavy atom. The first kappa shape index (κ1) is 19.9. The van der Waals surface area contributed by atoms with Gasteiger partial charge in [-0.2, -0.15) is 0 Å². The fraction of sp³-hybridized carbons (Fsp3) is 0.167. The van der Waals surface area contributed by atoms with Crippen LogP contribution in [-0.4, -0.2) is 30.9 Å². The highest BCUT2D eigenvalue weighted by Crippen LogP contribution is 2.22. The van der Waals surface area contributed by atoms with Crippen LogP contribution in [0.3, 0.4) is 0 Å². The van der Waals surface area contributed by atoms with E-state index in [1.54, 1.807) is 42.5 Å². The maximum atomic E-state index is 12.5. The number of anilines is 1. The van der Waals surface area contributed by atoms with Crippen molar-refractivity contribution in [3.63, 3.8) is 0 Å². The van der Waals surface area contributed by atoms with Crippen LogP contribution in [0, 0.1) is 0 Å². The fourth-order valence-electron chi connectivity index (χ4n) is 2.16. The summed E-state index contributed by atoms with van der Waals surface area (Å²) in [6, 6.07) is 13.5. The normalized spacial score (nSPS) is 10.2.